The predicted molar refractivity (Wildman–Crippen MR) is 75.7 cm³/mol. The van der Waals surface area contributed by atoms with Gasteiger partial charge in [0, 0.05) is 38.1 Å². The van der Waals surface area contributed by atoms with Gasteiger partial charge >= 0.3 is 0 Å². The Bertz CT molecular complexity index is 509. The Labute approximate surface area is 112 Å². The van der Waals surface area contributed by atoms with Crippen molar-refractivity contribution >= 4 is 16.7 Å². The van der Waals surface area contributed by atoms with E-state index in [4.69, 9.17) is 5.73 Å². The lowest BCUT2D eigenvalue weighted by Crippen LogP contribution is -2.16. The molecule has 0 radical (unpaired) electrons. The fraction of sp³-hybridized carbons (Fsp3) is 0.385. The van der Waals surface area contributed by atoms with Gasteiger partial charge in [-0.25, -0.2) is 4.98 Å². The Morgan fingerprint density at radius 1 is 1.33 bits per heavy atom. The van der Waals surface area contributed by atoms with Crippen LogP contribution < -0.4 is 10.6 Å². The summed E-state index contributed by atoms with van der Waals surface area (Å²) in [5.74, 6) is 0.914. The average molecular weight is 262 g/mol. The third kappa shape index (κ3) is 3.05. The first kappa shape index (κ1) is 13.0. The van der Waals surface area contributed by atoms with Gasteiger partial charge in [0.15, 0.2) is 0 Å². The van der Waals surface area contributed by atoms with E-state index in [1.807, 2.05) is 19.2 Å². The zero-order valence-electron chi connectivity index (χ0n) is 10.8. The van der Waals surface area contributed by atoms with Crippen LogP contribution in [0.1, 0.15) is 23.9 Å². The van der Waals surface area contributed by atoms with Crippen molar-refractivity contribution in [3.05, 3.63) is 41.2 Å². The number of rotatable bonds is 5. The smallest absolute Gasteiger partial charge is 0.205 e. The number of anilines is 1. The summed E-state index contributed by atoms with van der Waals surface area (Å²) in [7, 11) is 2.04. The quantitative estimate of drug-likeness (QED) is 0.897. The first-order valence-corrected chi connectivity index (χ1v) is 6.82. The largest absolute Gasteiger partial charge is 0.346 e. The fourth-order valence-corrected chi connectivity index (χ4v) is 2.45. The Morgan fingerprint density at radius 2 is 2.11 bits per heavy atom. The SMILES string of the molecule is CCc1nsc(N(C)Cc2cccc(CN)c2)n1. The van der Waals surface area contributed by atoms with Crippen LogP contribution in [0, 0.1) is 0 Å². The summed E-state index contributed by atoms with van der Waals surface area (Å²) in [4.78, 5) is 6.59. The topological polar surface area (TPSA) is 55.0 Å². The van der Waals surface area contributed by atoms with Gasteiger partial charge in [-0.05, 0) is 11.1 Å². The second-order valence-electron chi connectivity index (χ2n) is 4.23. The molecule has 0 bridgehead atoms. The number of benzene rings is 1. The van der Waals surface area contributed by atoms with E-state index in [0.717, 1.165) is 29.5 Å². The lowest BCUT2D eigenvalue weighted by atomic mass is 10.1. The molecule has 0 aliphatic carbocycles. The zero-order chi connectivity index (χ0) is 13.0. The minimum absolute atomic E-state index is 0.580. The maximum Gasteiger partial charge on any atom is 0.205 e. The van der Waals surface area contributed by atoms with Crippen LogP contribution in [-0.4, -0.2) is 16.4 Å². The molecule has 2 rings (SSSR count). The Hall–Kier alpha value is -1.46. The molecule has 0 unspecified atom stereocenters. The Kier molecular flexibility index (Phi) is 4.28. The summed E-state index contributed by atoms with van der Waals surface area (Å²) in [6.07, 6.45) is 0.882. The number of hydrogen-bond acceptors (Lipinski definition) is 5. The van der Waals surface area contributed by atoms with Crippen molar-refractivity contribution in [3.8, 4) is 0 Å². The molecule has 4 nitrogen and oxygen atoms in total. The van der Waals surface area contributed by atoms with E-state index in [1.165, 1.54) is 17.1 Å². The minimum Gasteiger partial charge on any atom is -0.346 e. The number of aromatic nitrogens is 2. The van der Waals surface area contributed by atoms with Crippen molar-refractivity contribution in [3.63, 3.8) is 0 Å². The average Bonchev–Trinajstić information content (AvgIpc) is 2.88. The van der Waals surface area contributed by atoms with Crippen LogP contribution in [0.5, 0.6) is 0 Å². The lowest BCUT2D eigenvalue weighted by molar-refractivity contribution is 0.894. The monoisotopic (exact) mass is 262 g/mol. The molecule has 1 aromatic carbocycles. The highest BCUT2D eigenvalue weighted by molar-refractivity contribution is 7.09. The third-order valence-corrected chi connectivity index (χ3v) is 3.62. The van der Waals surface area contributed by atoms with Crippen LogP contribution in [0.3, 0.4) is 0 Å². The van der Waals surface area contributed by atoms with E-state index >= 15 is 0 Å². The van der Waals surface area contributed by atoms with E-state index in [0.29, 0.717) is 6.54 Å². The first-order chi connectivity index (χ1) is 8.72. The standard InChI is InChI=1S/C13H18N4S/c1-3-12-15-13(18-16-12)17(2)9-11-6-4-5-10(7-11)8-14/h4-7H,3,8-9,14H2,1-2H3. The van der Waals surface area contributed by atoms with Crippen molar-refractivity contribution in [2.24, 2.45) is 5.73 Å². The van der Waals surface area contributed by atoms with E-state index in [1.54, 1.807) is 0 Å². The third-order valence-electron chi connectivity index (χ3n) is 2.75. The molecule has 18 heavy (non-hydrogen) atoms. The Balaban J connectivity index is 2.08. The molecule has 0 aliphatic heterocycles. The number of hydrogen-bond donors (Lipinski definition) is 1. The highest BCUT2D eigenvalue weighted by atomic mass is 32.1. The summed E-state index contributed by atoms with van der Waals surface area (Å²) >= 11 is 1.45. The van der Waals surface area contributed by atoms with Crippen LogP contribution in [0.4, 0.5) is 5.13 Å². The molecule has 1 heterocycles. The van der Waals surface area contributed by atoms with Gasteiger partial charge in [0.25, 0.3) is 0 Å². The second kappa shape index (κ2) is 5.93. The number of aryl methyl sites for hydroxylation is 1. The lowest BCUT2D eigenvalue weighted by Gasteiger charge is -2.15. The summed E-state index contributed by atoms with van der Waals surface area (Å²) in [6, 6.07) is 8.34. The Morgan fingerprint density at radius 3 is 2.78 bits per heavy atom. The van der Waals surface area contributed by atoms with E-state index in [2.05, 4.69) is 33.3 Å². The highest BCUT2D eigenvalue weighted by Gasteiger charge is 2.08. The normalized spacial score (nSPS) is 10.6. The van der Waals surface area contributed by atoms with Crippen molar-refractivity contribution < 1.29 is 0 Å². The number of nitrogens with zero attached hydrogens (tertiary/aromatic N) is 3. The second-order valence-corrected chi connectivity index (χ2v) is 4.96. The molecular formula is C13H18N4S. The molecular weight excluding hydrogens is 244 g/mol. The minimum atomic E-state index is 0.580. The molecule has 0 amide bonds. The van der Waals surface area contributed by atoms with Gasteiger partial charge in [0.2, 0.25) is 5.13 Å². The molecule has 0 saturated carbocycles. The van der Waals surface area contributed by atoms with Crippen molar-refractivity contribution in [2.75, 3.05) is 11.9 Å². The molecule has 0 saturated heterocycles. The molecule has 2 N–H and O–H groups in total. The molecule has 0 atom stereocenters. The maximum atomic E-state index is 5.65. The summed E-state index contributed by atoms with van der Waals surface area (Å²) < 4.78 is 4.30. The van der Waals surface area contributed by atoms with Gasteiger partial charge in [-0.2, -0.15) is 4.37 Å². The summed E-state index contributed by atoms with van der Waals surface area (Å²) in [6.45, 7) is 3.47. The van der Waals surface area contributed by atoms with Crippen LogP contribution in [0.25, 0.3) is 0 Å². The molecule has 0 aliphatic rings. The molecule has 0 fully saturated rings. The summed E-state index contributed by atoms with van der Waals surface area (Å²) in [5.41, 5.74) is 8.05. The van der Waals surface area contributed by atoms with E-state index in [9.17, 15) is 0 Å². The van der Waals surface area contributed by atoms with Gasteiger partial charge in [-0.3, -0.25) is 0 Å². The summed E-state index contributed by atoms with van der Waals surface area (Å²) in [5, 5.41) is 0.963. The molecule has 0 spiro atoms. The van der Waals surface area contributed by atoms with Gasteiger partial charge in [-0.15, -0.1) is 0 Å². The van der Waals surface area contributed by atoms with Gasteiger partial charge in [0.05, 0.1) is 0 Å². The van der Waals surface area contributed by atoms with E-state index < -0.39 is 0 Å². The van der Waals surface area contributed by atoms with Gasteiger partial charge in [0.1, 0.15) is 5.82 Å². The molecule has 5 heteroatoms. The molecule has 2 aromatic rings. The van der Waals surface area contributed by atoms with Crippen LogP contribution >= 0.6 is 11.5 Å². The van der Waals surface area contributed by atoms with Crippen LogP contribution in [0.15, 0.2) is 24.3 Å². The van der Waals surface area contributed by atoms with Crippen LogP contribution in [-0.2, 0) is 19.5 Å². The molecule has 1 aromatic heterocycles. The van der Waals surface area contributed by atoms with Crippen molar-refractivity contribution in [1.82, 2.24) is 9.36 Å². The van der Waals surface area contributed by atoms with Gasteiger partial charge in [-0.1, -0.05) is 31.2 Å². The van der Waals surface area contributed by atoms with Gasteiger partial charge < -0.3 is 10.6 Å². The molecule has 96 valence electrons. The number of nitrogens with two attached hydrogens (primary N) is 1. The van der Waals surface area contributed by atoms with Crippen molar-refractivity contribution in [2.45, 2.75) is 26.4 Å². The first-order valence-electron chi connectivity index (χ1n) is 6.04. The van der Waals surface area contributed by atoms with Crippen molar-refractivity contribution in [1.29, 1.82) is 0 Å². The zero-order valence-corrected chi connectivity index (χ0v) is 11.6. The van der Waals surface area contributed by atoms with Crippen LogP contribution in [0.2, 0.25) is 0 Å². The predicted octanol–water partition coefficient (Wildman–Crippen LogP) is 2.20. The van der Waals surface area contributed by atoms with E-state index in [-0.39, 0.29) is 0 Å². The fourth-order valence-electron chi connectivity index (χ4n) is 1.74. The highest BCUT2D eigenvalue weighted by Crippen LogP contribution is 2.18. The maximum absolute atomic E-state index is 5.65.